The highest BCUT2D eigenvalue weighted by molar-refractivity contribution is 6.41. The highest BCUT2D eigenvalue weighted by Gasteiger charge is 2.24. The molecule has 3 aromatic carbocycles. The standard InChI is InChI=1S/C30H28Cl2N6O4/c1-19(17-39)15-33-21-11-7-8-12-22(21)36-25-14-26(35-18-34-25)38(16-20-9-5-4-6-10-20)30(40)37-29-27(31)23(41-2)13-24(42-3)28(29)32/h4-14,17-18,33H,1,15-16H2,2-3H3,(H,37,40)(H,34,35,36). The quantitative estimate of drug-likeness (QED) is 0.117. The van der Waals surface area contributed by atoms with Crippen LogP contribution in [-0.4, -0.2) is 43.0 Å². The Labute approximate surface area is 253 Å². The van der Waals surface area contributed by atoms with Gasteiger partial charge in [-0.25, -0.2) is 14.8 Å². The van der Waals surface area contributed by atoms with Gasteiger partial charge in [0, 0.05) is 24.3 Å². The number of nitrogens with zero attached hydrogens (tertiary/aromatic N) is 3. The fraction of sp³-hybridized carbons (Fsp3) is 0.133. The summed E-state index contributed by atoms with van der Waals surface area (Å²) in [5.41, 5.74) is 2.82. The molecule has 12 heteroatoms. The van der Waals surface area contributed by atoms with E-state index < -0.39 is 6.03 Å². The van der Waals surface area contributed by atoms with Crippen molar-refractivity contribution < 1.29 is 19.1 Å². The zero-order chi connectivity index (χ0) is 30.1. The lowest BCUT2D eigenvalue weighted by molar-refractivity contribution is -0.104. The van der Waals surface area contributed by atoms with Gasteiger partial charge in [0.1, 0.15) is 45.8 Å². The van der Waals surface area contributed by atoms with E-state index in [1.807, 2.05) is 54.6 Å². The maximum atomic E-state index is 13.8. The normalized spacial score (nSPS) is 10.4. The molecular weight excluding hydrogens is 579 g/mol. The van der Waals surface area contributed by atoms with Crippen LogP contribution < -0.4 is 30.3 Å². The van der Waals surface area contributed by atoms with Gasteiger partial charge in [-0.15, -0.1) is 0 Å². The van der Waals surface area contributed by atoms with Gasteiger partial charge in [0.15, 0.2) is 0 Å². The van der Waals surface area contributed by atoms with E-state index in [0.717, 1.165) is 11.3 Å². The number of aromatic nitrogens is 2. The van der Waals surface area contributed by atoms with Crippen LogP contribution in [0.1, 0.15) is 5.56 Å². The second-order valence-corrected chi connectivity index (χ2v) is 9.60. The molecule has 0 aliphatic heterocycles. The summed E-state index contributed by atoms with van der Waals surface area (Å²) in [5.74, 6) is 1.28. The molecule has 0 aliphatic carbocycles. The molecule has 10 nitrogen and oxygen atoms in total. The summed E-state index contributed by atoms with van der Waals surface area (Å²) in [6.07, 6.45) is 2.05. The van der Waals surface area contributed by atoms with Crippen molar-refractivity contribution in [1.29, 1.82) is 0 Å². The topological polar surface area (TPSA) is 118 Å². The number of urea groups is 1. The molecule has 0 saturated heterocycles. The van der Waals surface area contributed by atoms with Gasteiger partial charge in [-0.2, -0.15) is 0 Å². The van der Waals surface area contributed by atoms with Crippen LogP contribution in [-0.2, 0) is 11.3 Å². The van der Waals surface area contributed by atoms with Crippen LogP contribution in [0, 0.1) is 0 Å². The number of benzene rings is 3. The van der Waals surface area contributed by atoms with E-state index in [9.17, 15) is 9.59 Å². The van der Waals surface area contributed by atoms with Gasteiger partial charge in [-0.1, -0.05) is 72.2 Å². The fourth-order valence-electron chi connectivity index (χ4n) is 3.89. The van der Waals surface area contributed by atoms with E-state index >= 15 is 0 Å². The maximum Gasteiger partial charge on any atom is 0.327 e. The van der Waals surface area contributed by atoms with E-state index in [2.05, 4.69) is 32.5 Å². The number of hydrogen-bond donors (Lipinski definition) is 3. The predicted octanol–water partition coefficient (Wildman–Crippen LogP) is 6.95. The smallest absolute Gasteiger partial charge is 0.327 e. The molecule has 0 radical (unpaired) electrons. The minimum absolute atomic E-state index is 0.114. The van der Waals surface area contributed by atoms with Crippen LogP contribution >= 0.6 is 23.2 Å². The molecule has 2 amide bonds. The van der Waals surface area contributed by atoms with E-state index in [1.165, 1.54) is 31.5 Å². The van der Waals surface area contributed by atoms with Crippen LogP contribution in [0.3, 0.4) is 0 Å². The van der Waals surface area contributed by atoms with Crippen molar-refractivity contribution in [3.8, 4) is 11.5 Å². The zero-order valence-corrected chi connectivity index (χ0v) is 24.4. The van der Waals surface area contributed by atoms with Crippen molar-refractivity contribution in [3.05, 3.63) is 101 Å². The molecule has 3 N–H and O–H groups in total. The third kappa shape index (κ3) is 7.28. The summed E-state index contributed by atoms with van der Waals surface area (Å²) in [6.45, 7) is 4.15. The lowest BCUT2D eigenvalue weighted by Gasteiger charge is -2.24. The third-order valence-electron chi connectivity index (χ3n) is 6.03. The summed E-state index contributed by atoms with van der Waals surface area (Å²) in [6, 6.07) is 19.5. The van der Waals surface area contributed by atoms with E-state index in [0.29, 0.717) is 29.2 Å². The summed E-state index contributed by atoms with van der Waals surface area (Å²) in [5, 5.41) is 9.44. The van der Waals surface area contributed by atoms with Crippen LogP contribution in [0.25, 0.3) is 0 Å². The lowest BCUT2D eigenvalue weighted by atomic mass is 10.2. The molecule has 0 saturated carbocycles. The second kappa shape index (κ2) is 14.2. The molecule has 1 heterocycles. The fourth-order valence-corrected chi connectivity index (χ4v) is 4.49. The molecule has 0 atom stereocenters. The van der Waals surface area contributed by atoms with E-state index in [4.69, 9.17) is 32.7 Å². The molecule has 0 aliphatic rings. The van der Waals surface area contributed by atoms with Crippen molar-refractivity contribution in [2.45, 2.75) is 6.54 Å². The number of nitrogens with one attached hydrogen (secondary N) is 3. The minimum atomic E-state index is -0.558. The summed E-state index contributed by atoms with van der Waals surface area (Å²) in [4.78, 5) is 34.9. The number of methoxy groups -OCH3 is 2. The first kappa shape index (κ1) is 30.2. The minimum Gasteiger partial charge on any atom is -0.495 e. The predicted molar refractivity (Wildman–Crippen MR) is 167 cm³/mol. The Morgan fingerprint density at radius 2 is 1.60 bits per heavy atom. The van der Waals surface area contributed by atoms with E-state index in [-0.39, 0.29) is 40.3 Å². The Hall–Kier alpha value is -4.80. The van der Waals surface area contributed by atoms with Crippen molar-refractivity contribution in [2.75, 3.05) is 41.6 Å². The number of carbonyl (C=O) groups excluding carboxylic acids is 2. The summed E-state index contributed by atoms with van der Waals surface area (Å²) in [7, 11) is 2.90. The number of para-hydroxylation sites is 2. The maximum absolute atomic E-state index is 13.8. The number of amides is 2. The van der Waals surface area contributed by atoms with Crippen molar-refractivity contribution in [3.63, 3.8) is 0 Å². The SMILES string of the molecule is C=C(C=O)CNc1ccccc1Nc1cc(N(Cc2ccccc2)C(=O)Nc2c(Cl)c(OC)cc(OC)c2Cl)ncn1. The Bertz CT molecular complexity index is 1560. The Morgan fingerprint density at radius 3 is 2.24 bits per heavy atom. The number of aldehydes is 1. The van der Waals surface area contributed by atoms with Crippen LogP contribution in [0.4, 0.5) is 33.5 Å². The van der Waals surface area contributed by atoms with Gasteiger partial charge < -0.3 is 25.4 Å². The Kier molecular flexibility index (Phi) is 10.2. The first-order chi connectivity index (χ1) is 20.3. The highest BCUT2D eigenvalue weighted by Crippen LogP contribution is 2.44. The second-order valence-electron chi connectivity index (χ2n) is 8.85. The van der Waals surface area contributed by atoms with Gasteiger partial charge in [-0.05, 0) is 17.7 Å². The molecule has 4 aromatic rings. The molecule has 42 heavy (non-hydrogen) atoms. The van der Waals surface area contributed by atoms with Gasteiger partial charge in [0.25, 0.3) is 0 Å². The van der Waals surface area contributed by atoms with Gasteiger partial charge in [-0.3, -0.25) is 9.69 Å². The Balaban J connectivity index is 1.67. The average Bonchev–Trinajstić information content (AvgIpc) is 3.02. The molecule has 0 spiro atoms. The number of ether oxygens (including phenoxy) is 2. The first-order valence-electron chi connectivity index (χ1n) is 12.6. The van der Waals surface area contributed by atoms with E-state index in [1.54, 1.807) is 6.07 Å². The van der Waals surface area contributed by atoms with Crippen LogP contribution in [0.5, 0.6) is 11.5 Å². The molecule has 0 bridgehead atoms. The lowest BCUT2D eigenvalue weighted by Crippen LogP contribution is -2.35. The largest absolute Gasteiger partial charge is 0.495 e. The summed E-state index contributed by atoms with van der Waals surface area (Å²) < 4.78 is 10.7. The van der Waals surface area contributed by atoms with Crippen molar-refractivity contribution >= 4 is 64.2 Å². The molecule has 216 valence electrons. The van der Waals surface area contributed by atoms with Crippen LogP contribution in [0.2, 0.25) is 10.0 Å². The number of carbonyl (C=O) groups is 2. The average molecular weight is 607 g/mol. The van der Waals surface area contributed by atoms with Crippen LogP contribution in [0.15, 0.2) is 85.2 Å². The zero-order valence-electron chi connectivity index (χ0n) is 22.9. The molecule has 0 unspecified atom stereocenters. The Morgan fingerprint density at radius 1 is 0.952 bits per heavy atom. The number of halogens is 2. The van der Waals surface area contributed by atoms with Gasteiger partial charge >= 0.3 is 6.03 Å². The third-order valence-corrected chi connectivity index (χ3v) is 6.78. The first-order valence-corrected chi connectivity index (χ1v) is 13.4. The number of hydrogen-bond acceptors (Lipinski definition) is 8. The molecular formula is C30H28Cl2N6O4. The monoisotopic (exact) mass is 606 g/mol. The van der Waals surface area contributed by atoms with Gasteiger partial charge in [0.2, 0.25) is 0 Å². The molecule has 4 rings (SSSR count). The number of rotatable bonds is 12. The molecule has 1 aromatic heterocycles. The number of anilines is 5. The van der Waals surface area contributed by atoms with Crippen molar-refractivity contribution in [1.82, 2.24) is 9.97 Å². The van der Waals surface area contributed by atoms with Crippen molar-refractivity contribution in [2.24, 2.45) is 0 Å². The summed E-state index contributed by atoms with van der Waals surface area (Å²) >= 11 is 13.0. The highest BCUT2D eigenvalue weighted by atomic mass is 35.5. The molecule has 0 fully saturated rings. The van der Waals surface area contributed by atoms with Gasteiger partial charge in [0.05, 0.1) is 37.8 Å².